The molecule has 0 saturated heterocycles. The maximum Gasteiger partial charge on any atom is 0.337 e. The fourth-order valence-electron chi connectivity index (χ4n) is 3.28. The SMILES string of the molecule is COC(C)CCn1c(=O)n(-c2nnc(C)o2)c2cc(S(=O)(=O)NC3(C)CC3)ccc21. The quantitative estimate of drug-likeness (QED) is 0.572. The summed E-state index contributed by atoms with van der Waals surface area (Å²) in [6.07, 6.45) is 2.17. The Morgan fingerprint density at radius 2 is 2.03 bits per heavy atom. The van der Waals surface area contributed by atoms with Gasteiger partial charge in [-0.25, -0.2) is 22.5 Å². The van der Waals surface area contributed by atoms with Crippen LogP contribution < -0.4 is 10.4 Å². The first kappa shape index (κ1) is 20.8. The number of ether oxygens (including phenoxy) is 1. The first-order chi connectivity index (χ1) is 14.1. The molecule has 1 aliphatic rings. The fourth-order valence-corrected chi connectivity index (χ4v) is 4.77. The van der Waals surface area contributed by atoms with Crippen molar-refractivity contribution in [3.05, 3.63) is 34.6 Å². The van der Waals surface area contributed by atoms with Crippen molar-refractivity contribution < 1.29 is 17.6 Å². The number of sulfonamides is 1. The van der Waals surface area contributed by atoms with Gasteiger partial charge in [-0.2, -0.15) is 0 Å². The van der Waals surface area contributed by atoms with Crippen molar-refractivity contribution in [1.82, 2.24) is 24.1 Å². The van der Waals surface area contributed by atoms with Crippen LogP contribution in [0, 0.1) is 6.92 Å². The van der Waals surface area contributed by atoms with Crippen LogP contribution in [0.25, 0.3) is 17.0 Å². The van der Waals surface area contributed by atoms with Crippen molar-refractivity contribution >= 4 is 21.1 Å². The van der Waals surface area contributed by atoms with E-state index in [-0.39, 0.29) is 22.7 Å². The summed E-state index contributed by atoms with van der Waals surface area (Å²) in [5, 5.41) is 7.76. The Bertz CT molecular complexity index is 1250. The molecule has 1 unspecified atom stereocenters. The highest BCUT2D eigenvalue weighted by molar-refractivity contribution is 7.89. The zero-order chi connectivity index (χ0) is 21.7. The summed E-state index contributed by atoms with van der Waals surface area (Å²) in [6, 6.07) is 4.62. The molecule has 162 valence electrons. The fraction of sp³-hybridized carbons (Fsp3) is 0.526. The largest absolute Gasteiger partial charge is 0.408 e. The first-order valence-corrected chi connectivity index (χ1v) is 11.2. The van der Waals surface area contributed by atoms with Crippen LogP contribution in [0.1, 0.15) is 39.0 Å². The topological polar surface area (TPSA) is 121 Å². The van der Waals surface area contributed by atoms with E-state index in [0.717, 1.165) is 12.8 Å². The van der Waals surface area contributed by atoms with Crippen LogP contribution in [0.2, 0.25) is 0 Å². The second-order valence-corrected chi connectivity index (χ2v) is 9.71. The minimum absolute atomic E-state index is 0.00213. The highest BCUT2D eigenvalue weighted by Gasteiger charge is 2.41. The molecule has 0 amide bonds. The van der Waals surface area contributed by atoms with Gasteiger partial charge in [-0.3, -0.25) is 4.57 Å². The van der Waals surface area contributed by atoms with E-state index >= 15 is 0 Å². The maximum absolute atomic E-state index is 13.2. The minimum Gasteiger partial charge on any atom is -0.408 e. The molecule has 1 aliphatic carbocycles. The number of benzene rings is 1. The molecule has 3 aromatic rings. The smallest absolute Gasteiger partial charge is 0.337 e. The molecule has 10 nitrogen and oxygen atoms in total. The molecule has 4 rings (SSSR count). The van der Waals surface area contributed by atoms with Crippen LogP contribution in [0.5, 0.6) is 0 Å². The number of nitrogens with zero attached hydrogens (tertiary/aromatic N) is 4. The number of methoxy groups -OCH3 is 1. The van der Waals surface area contributed by atoms with Crippen molar-refractivity contribution in [3.63, 3.8) is 0 Å². The standard InChI is InChI=1S/C19H25N5O5S/c1-12(28-4)7-10-23-15-6-5-14(30(26,27)22-19(3)8-9-19)11-16(15)24(18(23)25)17-21-20-13(2)29-17/h5-6,11-12,22H,7-10H2,1-4H3. The molecule has 1 N–H and O–H groups in total. The van der Waals surface area contributed by atoms with Gasteiger partial charge >= 0.3 is 11.7 Å². The Balaban J connectivity index is 1.86. The van der Waals surface area contributed by atoms with Gasteiger partial charge in [0.1, 0.15) is 0 Å². The summed E-state index contributed by atoms with van der Waals surface area (Å²) >= 11 is 0. The summed E-state index contributed by atoms with van der Waals surface area (Å²) in [4.78, 5) is 13.3. The Labute approximate surface area is 173 Å². The average Bonchev–Trinajstić information content (AvgIpc) is 3.13. The molecule has 1 saturated carbocycles. The van der Waals surface area contributed by atoms with E-state index in [1.165, 1.54) is 16.7 Å². The van der Waals surface area contributed by atoms with Gasteiger partial charge in [0.25, 0.3) is 0 Å². The summed E-state index contributed by atoms with van der Waals surface area (Å²) in [6.45, 7) is 5.80. The normalized spacial score (nSPS) is 16.8. The number of fused-ring (bicyclic) bond motifs is 1. The van der Waals surface area contributed by atoms with Crippen molar-refractivity contribution in [3.8, 4) is 6.01 Å². The number of rotatable bonds is 8. The van der Waals surface area contributed by atoms with Crippen molar-refractivity contribution in [2.45, 2.75) is 63.1 Å². The van der Waals surface area contributed by atoms with Crippen molar-refractivity contribution in [2.24, 2.45) is 0 Å². The monoisotopic (exact) mass is 435 g/mol. The first-order valence-electron chi connectivity index (χ1n) is 9.76. The Morgan fingerprint density at radius 1 is 1.30 bits per heavy atom. The Hall–Kier alpha value is -2.50. The van der Waals surface area contributed by atoms with Gasteiger partial charge in [-0.1, -0.05) is 5.10 Å². The van der Waals surface area contributed by atoms with Gasteiger partial charge in [0.15, 0.2) is 0 Å². The lowest BCUT2D eigenvalue weighted by molar-refractivity contribution is 0.107. The van der Waals surface area contributed by atoms with E-state index in [4.69, 9.17) is 9.15 Å². The van der Waals surface area contributed by atoms with Crippen molar-refractivity contribution in [2.75, 3.05) is 7.11 Å². The third-order valence-electron chi connectivity index (χ3n) is 5.46. The van der Waals surface area contributed by atoms with Crippen molar-refractivity contribution in [1.29, 1.82) is 0 Å². The molecule has 0 radical (unpaired) electrons. The number of hydrogen-bond acceptors (Lipinski definition) is 7. The number of imidazole rings is 1. The van der Waals surface area contributed by atoms with Gasteiger partial charge in [-0.05, 0) is 51.3 Å². The third-order valence-corrected chi connectivity index (χ3v) is 7.10. The summed E-state index contributed by atoms with van der Waals surface area (Å²) in [7, 11) is -2.12. The van der Waals surface area contributed by atoms with E-state index in [0.29, 0.717) is 29.9 Å². The zero-order valence-corrected chi connectivity index (χ0v) is 18.2. The molecule has 2 heterocycles. The molecule has 0 bridgehead atoms. The van der Waals surface area contributed by atoms with Crippen LogP contribution in [0.3, 0.4) is 0 Å². The lowest BCUT2D eigenvalue weighted by atomic mass is 10.2. The zero-order valence-electron chi connectivity index (χ0n) is 17.4. The van der Waals surface area contributed by atoms with E-state index in [1.807, 2.05) is 13.8 Å². The van der Waals surface area contributed by atoms with Gasteiger partial charge in [0.05, 0.1) is 22.0 Å². The number of hydrogen-bond donors (Lipinski definition) is 1. The molecule has 1 atom stereocenters. The lowest BCUT2D eigenvalue weighted by Gasteiger charge is -2.12. The van der Waals surface area contributed by atoms with Gasteiger partial charge < -0.3 is 9.15 Å². The highest BCUT2D eigenvalue weighted by Crippen LogP contribution is 2.36. The van der Waals surface area contributed by atoms with Crippen LogP contribution in [-0.2, 0) is 21.3 Å². The molecule has 11 heteroatoms. The number of aryl methyl sites for hydroxylation is 2. The predicted octanol–water partition coefficient (Wildman–Crippen LogP) is 1.74. The second-order valence-electron chi connectivity index (χ2n) is 8.02. The van der Waals surface area contributed by atoms with E-state index in [1.54, 1.807) is 24.7 Å². The van der Waals surface area contributed by atoms with Gasteiger partial charge in [0.2, 0.25) is 15.9 Å². The Kier molecular flexibility index (Phi) is 5.07. The molecular formula is C19H25N5O5S. The van der Waals surface area contributed by atoms with Crippen LogP contribution >= 0.6 is 0 Å². The average molecular weight is 436 g/mol. The van der Waals surface area contributed by atoms with E-state index in [9.17, 15) is 13.2 Å². The predicted molar refractivity (Wildman–Crippen MR) is 109 cm³/mol. The molecule has 2 aromatic heterocycles. The maximum atomic E-state index is 13.2. The number of nitrogens with one attached hydrogen (secondary N) is 1. The number of aromatic nitrogens is 4. The van der Waals surface area contributed by atoms with Crippen LogP contribution in [-0.4, -0.2) is 46.5 Å². The van der Waals surface area contributed by atoms with Gasteiger partial charge in [-0.15, -0.1) is 5.10 Å². The molecular weight excluding hydrogens is 410 g/mol. The minimum atomic E-state index is -3.74. The third kappa shape index (κ3) is 3.80. The lowest BCUT2D eigenvalue weighted by Crippen LogP contribution is -2.34. The molecule has 30 heavy (non-hydrogen) atoms. The summed E-state index contributed by atoms with van der Waals surface area (Å²) < 4.78 is 42.0. The summed E-state index contributed by atoms with van der Waals surface area (Å²) in [5.74, 6) is 0.304. The molecule has 1 aromatic carbocycles. The van der Waals surface area contributed by atoms with E-state index in [2.05, 4.69) is 14.9 Å². The van der Waals surface area contributed by atoms with Crippen LogP contribution in [0.4, 0.5) is 0 Å². The highest BCUT2D eigenvalue weighted by atomic mass is 32.2. The van der Waals surface area contributed by atoms with E-state index < -0.39 is 15.6 Å². The Morgan fingerprint density at radius 3 is 2.63 bits per heavy atom. The molecule has 0 aliphatic heterocycles. The second kappa shape index (κ2) is 7.33. The van der Waals surface area contributed by atoms with Gasteiger partial charge in [0, 0.05) is 26.1 Å². The van der Waals surface area contributed by atoms with Crippen LogP contribution in [0.15, 0.2) is 32.3 Å². The summed E-state index contributed by atoms with van der Waals surface area (Å²) in [5.41, 5.74) is 0.182. The molecule has 0 spiro atoms. The molecule has 1 fully saturated rings.